The molecule has 0 saturated heterocycles. The molecule has 96 valence electrons. The van der Waals surface area contributed by atoms with Gasteiger partial charge in [-0.3, -0.25) is 0 Å². The van der Waals surface area contributed by atoms with E-state index in [0.717, 1.165) is 34.2 Å². The fourth-order valence-electron chi connectivity index (χ4n) is 2.19. The molecule has 5 heteroatoms. The molecule has 0 saturated carbocycles. The van der Waals surface area contributed by atoms with Crippen LogP contribution in [-0.4, -0.2) is 46.8 Å². The Morgan fingerprint density at radius 1 is 1.25 bits per heavy atom. The summed E-state index contributed by atoms with van der Waals surface area (Å²) in [6, 6.07) is 11.5. The number of fused-ring (bicyclic) bond motifs is 1. The van der Waals surface area contributed by atoms with Gasteiger partial charge in [-0.15, -0.1) is 0 Å². The first kappa shape index (κ1) is 13.3. The number of carbonyl (C=O) groups excluding carboxylic acids is 1. The first-order valence-electron chi connectivity index (χ1n) is 6.08. The Bertz CT molecular complexity index is 778. The van der Waals surface area contributed by atoms with Crippen molar-refractivity contribution >= 4 is 43.4 Å². The standard InChI is InChI=1S/C15H12N2O2.Tl/c1-19-15-7-14-13(16-9-17-14)6-12(15)11-4-2-10(8-18)3-5-11;/h2-9H,1H3,(H,16,17,18);/q;+1/p-1. The molecule has 0 aliphatic rings. The number of nitrogens with zero attached hydrogens (tertiary/aromatic N) is 2. The summed E-state index contributed by atoms with van der Waals surface area (Å²) >= 11 is 0.674. The molecule has 0 atom stereocenters. The van der Waals surface area contributed by atoms with Crippen LogP contribution in [0.5, 0.6) is 5.75 Å². The number of aromatic nitrogens is 2. The Morgan fingerprint density at radius 2 is 2.00 bits per heavy atom. The molecule has 3 rings (SSSR count). The molecule has 0 amide bonds. The topological polar surface area (TPSA) is 44.1 Å². The van der Waals surface area contributed by atoms with Crippen LogP contribution in [0, 0.1) is 0 Å². The van der Waals surface area contributed by atoms with Crippen molar-refractivity contribution in [1.82, 2.24) is 7.36 Å². The van der Waals surface area contributed by atoms with Crippen molar-refractivity contribution in [2.75, 3.05) is 7.11 Å². The van der Waals surface area contributed by atoms with Gasteiger partial charge in [-0.2, -0.15) is 0 Å². The molecule has 0 aliphatic carbocycles. The predicted octanol–water partition coefficient (Wildman–Crippen LogP) is 2.46. The summed E-state index contributed by atoms with van der Waals surface area (Å²) in [5.74, 6) is 0.818. The van der Waals surface area contributed by atoms with E-state index in [1.54, 1.807) is 19.2 Å². The van der Waals surface area contributed by atoms with Gasteiger partial charge < -0.3 is 0 Å². The third kappa shape index (κ3) is 2.24. The molecule has 1 aromatic heterocycles. The number of ether oxygens (including phenoxy) is 1. The van der Waals surface area contributed by atoms with Gasteiger partial charge in [-0.25, -0.2) is 0 Å². The van der Waals surface area contributed by atoms with Gasteiger partial charge >= 0.3 is 133 Å². The van der Waals surface area contributed by atoms with E-state index in [-0.39, 0.29) is 0 Å². The third-order valence-corrected chi connectivity index (χ3v) is 4.85. The van der Waals surface area contributed by atoms with E-state index >= 15 is 0 Å². The van der Waals surface area contributed by atoms with Crippen LogP contribution >= 0.6 is 0 Å². The maximum atomic E-state index is 10.7. The third-order valence-electron chi connectivity index (χ3n) is 3.25. The first-order valence-corrected chi connectivity index (χ1v) is 8.09. The average Bonchev–Trinajstić information content (AvgIpc) is 2.87. The molecule has 0 radical (unpaired) electrons. The van der Waals surface area contributed by atoms with Gasteiger partial charge in [0.15, 0.2) is 0 Å². The molecule has 0 spiro atoms. The summed E-state index contributed by atoms with van der Waals surface area (Å²) in [5, 5.41) is 0. The number of imidazole rings is 1. The maximum absolute atomic E-state index is 10.7. The zero-order valence-corrected chi connectivity index (χ0v) is 15.4. The van der Waals surface area contributed by atoms with Crippen LogP contribution < -0.4 is 4.74 Å². The van der Waals surface area contributed by atoms with Crippen LogP contribution in [0.4, 0.5) is 0 Å². The van der Waals surface area contributed by atoms with Crippen LogP contribution in [0.3, 0.4) is 0 Å². The van der Waals surface area contributed by atoms with E-state index in [9.17, 15) is 4.79 Å². The second kappa shape index (κ2) is 5.36. The van der Waals surface area contributed by atoms with Crippen molar-refractivity contribution in [3.8, 4) is 16.9 Å². The number of aldehydes is 1. The Morgan fingerprint density at radius 3 is 2.65 bits per heavy atom. The minimum atomic E-state index is 0.666. The van der Waals surface area contributed by atoms with Crippen LogP contribution in [0.15, 0.2) is 42.7 Å². The first-order chi connectivity index (χ1) is 9.72. The van der Waals surface area contributed by atoms with Gasteiger partial charge in [0.2, 0.25) is 0 Å². The second-order valence-corrected chi connectivity index (χ2v) is 6.60. The van der Waals surface area contributed by atoms with Gasteiger partial charge in [-0.05, 0) is 0 Å². The van der Waals surface area contributed by atoms with Crippen molar-refractivity contribution in [2.45, 2.75) is 0 Å². The molecule has 0 N–H and O–H groups in total. The van der Waals surface area contributed by atoms with E-state index in [2.05, 4.69) is 7.36 Å². The SMILES string of the molecule is COc1cc2c(cc1-c1ccc(C=O)cc1)nc[n]2[Tl]. The van der Waals surface area contributed by atoms with Gasteiger partial charge in [-0.1, -0.05) is 0 Å². The number of rotatable bonds is 3. The van der Waals surface area contributed by atoms with Crippen molar-refractivity contribution in [3.05, 3.63) is 48.3 Å². The van der Waals surface area contributed by atoms with Crippen molar-refractivity contribution in [1.29, 1.82) is 0 Å². The Hall–Kier alpha value is -1.70. The van der Waals surface area contributed by atoms with Crippen molar-refractivity contribution < 1.29 is 9.53 Å². The average molecular weight is 456 g/mol. The fourth-order valence-corrected chi connectivity index (χ4v) is 3.25. The summed E-state index contributed by atoms with van der Waals surface area (Å²) in [6.07, 6.45) is 2.70. The molecule has 0 aliphatic heterocycles. The number of hydrogen-bond donors (Lipinski definition) is 0. The predicted molar refractivity (Wildman–Crippen MR) is 78.3 cm³/mol. The van der Waals surface area contributed by atoms with Gasteiger partial charge in [0, 0.05) is 0 Å². The quantitative estimate of drug-likeness (QED) is 0.450. The van der Waals surface area contributed by atoms with Crippen molar-refractivity contribution in [3.63, 3.8) is 0 Å². The normalized spacial score (nSPS) is 10.6. The molecule has 1 heterocycles. The van der Waals surface area contributed by atoms with Crippen LogP contribution in [0.1, 0.15) is 10.4 Å². The molecular formula is C15H11N2O2Tl. The van der Waals surface area contributed by atoms with Gasteiger partial charge in [0.05, 0.1) is 0 Å². The zero-order chi connectivity index (χ0) is 14.1. The zero-order valence-electron chi connectivity index (χ0n) is 10.9. The number of methoxy groups -OCH3 is 1. The van der Waals surface area contributed by atoms with Gasteiger partial charge in [0.1, 0.15) is 0 Å². The Labute approximate surface area is 132 Å². The van der Waals surface area contributed by atoms with Crippen molar-refractivity contribution in [2.24, 2.45) is 0 Å². The fraction of sp³-hybridized carbons (Fsp3) is 0.0667. The van der Waals surface area contributed by atoms with E-state index in [0.29, 0.717) is 31.6 Å². The van der Waals surface area contributed by atoms with E-state index < -0.39 is 0 Å². The molecule has 0 fully saturated rings. The number of hydrogen-bond acceptors (Lipinski definition) is 3. The van der Waals surface area contributed by atoms with Crippen LogP contribution in [0.2, 0.25) is 0 Å². The number of benzene rings is 2. The molecule has 2 aromatic carbocycles. The van der Waals surface area contributed by atoms with Crippen LogP contribution in [-0.2, 0) is 0 Å². The molecule has 3 aromatic rings. The number of carbonyl (C=O) groups is 1. The van der Waals surface area contributed by atoms with Crippen LogP contribution in [0.25, 0.3) is 22.2 Å². The monoisotopic (exact) mass is 456 g/mol. The minimum absolute atomic E-state index is 0.666. The van der Waals surface area contributed by atoms with E-state index in [1.165, 1.54) is 0 Å². The summed E-state index contributed by atoms with van der Waals surface area (Å²) in [4.78, 5) is 15.1. The summed E-state index contributed by atoms with van der Waals surface area (Å²) < 4.78 is 7.62. The molecule has 0 unspecified atom stereocenters. The molecule has 20 heavy (non-hydrogen) atoms. The Balaban J connectivity index is 2.19. The summed E-state index contributed by atoms with van der Waals surface area (Å²) in [6.45, 7) is 0. The van der Waals surface area contributed by atoms with E-state index in [4.69, 9.17) is 4.74 Å². The summed E-state index contributed by atoms with van der Waals surface area (Å²) in [7, 11) is 1.67. The van der Waals surface area contributed by atoms with E-state index in [1.807, 2.05) is 30.6 Å². The van der Waals surface area contributed by atoms with Gasteiger partial charge in [0.25, 0.3) is 0 Å². The molecule has 4 nitrogen and oxygen atoms in total. The second-order valence-electron chi connectivity index (χ2n) is 4.43. The molecular weight excluding hydrogens is 445 g/mol. The molecule has 0 bridgehead atoms. The Kier molecular flexibility index (Phi) is 3.56. The summed E-state index contributed by atoms with van der Waals surface area (Å²) in [5.41, 5.74) is 4.72.